The highest BCUT2D eigenvalue weighted by atomic mass is 16.5. The second-order valence-electron chi connectivity index (χ2n) is 6.61. The van der Waals surface area contributed by atoms with Crippen molar-refractivity contribution in [2.45, 2.75) is 39.2 Å². The van der Waals surface area contributed by atoms with Crippen LogP contribution in [0.15, 0.2) is 54.6 Å². The third kappa shape index (κ3) is 4.28. The van der Waals surface area contributed by atoms with Crippen LogP contribution in [-0.2, 0) is 10.2 Å². The van der Waals surface area contributed by atoms with Gasteiger partial charge in [0, 0.05) is 5.56 Å². The van der Waals surface area contributed by atoms with E-state index in [1.807, 2.05) is 18.2 Å². The lowest BCUT2D eigenvalue weighted by Gasteiger charge is -2.19. The van der Waals surface area contributed by atoms with E-state index in [2.05, 4.69) is 20.8 Å². The summed E-state index contributed by atoms with van der Waals surface area (Å²) in [5.74, 6) is -0.687. The third-order valence-corrected chi connectivity index (χ3v) is 3.70. The number of carbonyl (C=O) groups excluding carboxylic acids is 2. The van der Waals surface area contributed by atoms with Gasteiger partial charge in [0.05, 0.1) is 5.56 Å². The highest BCUT2D eigenvalue weighted by Gasteiger charge is 2.21. The second kappa shape index (κ2) is 6.78. The Labute approximate surface area is 137 Å². The molecule has 0 fully saturated rings. The van der Waals surface area contributed by atoms with Crippen LogP contribution in [0.2, 0.25) is 0 Å². The summed E-state index contributed by atoms with van der Waals surface area (Å²) in [6, 6.07) is 16.1. The minimum Gasteiger partial charge on any atom is -0.451 e. The van der Waals surface area contributed by atoms with Gasteiger partial charge in [0.15, 0.2) is 6.10 Å². The molecule has 1 atom stereocenters. The molecular formula is C20H22O3. The van der Waals surface area contributed by atoms with E-state index in [9.17, 15) is 9.59 Å². The molecule has 0 aliphatic rings. The summed E-state index contributed by atoms with van der Waals surface area (Å²) in [5, 5.41) is 0. The first kappa shape index (κ1) is 16.9. The maximum atomic E-state index is 12.2. The molecule has 2 aromatic carbocycles. The molecule has 0 aromatic heterocycles. The first-order valence-electron chi connectivity index (χ1n) is 7.70. The topological polar surface area (TPSA) is 43.4 Å². The van der Waals surface area contributed by atoms with E-state index in [1.165, 1.54) is 0 Å². The van der Waals surface area contributed by atoms with E-state index in [0.29, 0.717) is 11.1 Å². The molecule has 0 N–H and O–H groups in total. The van der Waals surface area contributed by atoms with Crippen LogP contribution in [0.4, 0.5) is 0 Å². The molecule has 0 saturated carbocycles. The Morgan fingerprint density at radius 2 is 1.43 bits per heavy atom. The van der Waals surface area contributed by atoms with Crippen LogP contribution in [0.5, 0.6) is 0 Å². The number of Topliss-reactive ketones (excluding diaryl/α,β-unsaturated/α-hetero) is 1. The Bertz CT molecular complexity index is 679. The predicted molar refractivity (Wildman–Crippen MR) is 90.8 cm³/mol. The monoisotopic (exact) mass is 310 g/mol. The Morgan fingerprint density at radius 3 is 1.96 bits per heavy atom. The van der Waals surface area contributed by atoms with Crippen molar-refractivity contribution in [3.63, 3.8) is 0 Å². The van der Waals surface area contributed by atoms with Crippen LogP contribution in [0.25, 0.3) is 0 Å². The van der Waals surface area contributed by atoms with Crippen molar-refractivity contribution < 1.29 is 14.3 Å². The molecule has 0 radical (unpaired) electrons. The van der Waals surface area contributed by atoms with E-state index in [0.717, 1.165) is 5.56 Å². The zero-order valence-electron chi connectivity index (χ0n) is 14.0. The van der Waals surface area contributed by atoms with Gasteiger partial charge in [-0.25, -0.2) is 4.79 Å². The van der Waals surface area contributed by atoms with Crippen molar-refractivity contribution in [1.82, 2.24) is 0 Å². The molecule has 0 aliphatic carbocycles. The summed E-state index contributed by atoms with van der Waals surface area (Å²) < 4.78 is 5.29. The van der Waals surface area contributed by atoms with E-state index in [1.54, 1.807) is 43.3 Å². The van der Waals surface area contributed by atoms with Crippen LogP contribution in [0.1, 0.15) is 54.0 Å². The first-order valence-corrected chi connectivity index (χ1v) is 7.70. The highest BCUT2D eigenvalue weighted by Crippen LogP contribution is 2.22. The van der Waals surface area contributed by atoms with Gasteiger partial charge < -0.3 is 4.74 Å². The average molecular weight is 310 g/mol. The van der Waals surface area contributed by atoms with Crippen LogP contribution in [0, 0.1) is 0 Å². The second-order valence-corrected chi connectivity index (χ2v) is 6.61. The smallest absolute Gasteiger partial charge is 0.338 e. The summed E-state index contributed by atoms with van der Waals surface area (Å²) in [4.78, 5) is 24.4. The van der Waals surface area contributed by atoms with Gasteiger partial charge in [0.2, 0.25) is 5.78 Å². The Balaban J connectivity index is 2.05. The van der Waals surface area contributed by atoms with Gasteiger partial charge in [-0.3, -0.25) is 4.79 Å². The fourth-order valence-corrected chi connectivity index (χ4v) is 2.23. The molecular weight excluding hydrogens is 288 g/mol. The van der Waals surface area contributed by atoms with E-state index < -0.39 is 12.1 Å². The van der Waals surface area contributed by atoms with E-state index in [-0.39, 0.29) is 11.2 Å². The van der Waals surface area contributed by atoms with Crippen molar-refractivity contribution >= 4 is 11.8 Å². The molecule has 0 amide bonds. The minimum atomic E-state index is -0.813. The standard InChI is InChI=1S/C20H22O3/c1-14(18(21)15-8-6-5-7-9-15)23-19(22)16-10-12-17(13-11-16)20(2,3)4/h5-14H,1-4H3/t14-/m0/s1. The van der Waals surface area contributed by atoms with Crippen molar-refractivity contribution in [3.8, 4) is 0 Å². The van der Waals surface area contributed by atoms with Gasteiger partial charge in [0.1, 0.15) is 0 Å². The van der Waals surface area contributed by atoms with E-state index in [4.69, 9.17) is 4.74 Å². The molecule has 23 heavy (non-hydrogen) atoms. The zero-order valence-corrected chi connectivity index (χ0v) is 14.0. The number of rotatable bonds is 4. The number of carbonyl (C=O) groups is 2. The van der Waals surface area contributed by atoms with Crippen molar-refractivity contribution in [3.05, 3.63) is 71.3 Å². The number of esters is 1. The number of hydrogen-bond donors (Lipinski definition) is 0. The normalized spacial score (nSPS) is 12.5. The summed E-state index contributed by atoms with van der Waals surface area (Å²) >= 11 is 0. The molecule has 0 heterocycles. The SMILES string of the molecule is C[C@H](OC(=O)c1ccc(C(C)(C)C)cc1)C(=O)c1ccccc1. The van der Waals surface area contributed by atoms with Crippen molar-refractivity contribution in [1.29, 1.82) is 0 Å². The predicted octanol–water partition coefficient (Wildman–Crippen LogP) is 4.41. The minimum absolute atomic E-state index is 0.0268. The van der Waals surface area contributed by atoms with Gasteiger partial charge in [-0.1, -0.05) is 63.2 Å². The quantitative estimate of drug-likeness (QED) is 0.620. The number of hydrogen-bond acceptors (Lipinski definition) is 3. The average Bonchev–Trinajstić information content (AvgIpc) is 2.54. The summed E-state index contributed by atoms with van der Waals surface area (Å²) in [6.07, 6.45) is -0.813. The summed E-state index contributed by atoms with van der Waals surface area (Å²) in [6.45, 7) is 7.93. The molecule has 0 spiro atoms. The van der Waals surface area contributed by atoms with Gasteiger partial charge in [-0.15, -0.1) is 0 Å². The molecule has 0 bridgehead atoms. The van der Waals surface area contributed by atoms with Crippen LogP contribution in [0.3, 0.4) is 0 Å². The number of ether oxygens (including phenoxy) is 1. The molecule has 2 rings (SSSR count). The van der Waals surface area contributed by atoms with Gasteiger partial charge >= 0.3 is 5.97 Å². The summed E-state index contributed by atoms with van der Waals surface area (Å²) in [5.41, 5.74) is 2.16. The highest BCUT2D eigenvalue weighted by molar-refractivity contribution is 6.01. The Kier molecular flexibility index (Phi) is 4.99. The van der Waals surface area contributed by atoms with Gasteiger partial charge in [0.25, 0.3) is 0 Å². The lowest BCUT2D eigenvalue weighted by atomic mass is 9.87. The third-order valence-electron chi connectivity index (χ3n) is 3.70. The van der Waals surface area contributed by atoms with Crippen molar-refractivity contribution in [2.75, 3.05) is 0 Å². The molecule has 3 heteroatoms. The molecule has 120 valence electrons. The Morgan fingerprint density at radius 1 is 0.870 bits per heavy atom. The van der Waals surface area contributed by atoms with Crippen LogP contribution in [-0.4, -0.2) is 17.9 Å². The first-order chi connectivity index (χ1) is 10.8. The fourth-order valence-electron chi connectivity index (χ4n) is 2.23. The van der Waals surface area contributed by atoms with Gasteiger partial charge in [-0.2, -0.15) is 0 Å². The largest absolute Gasteiger partial charge is 0.451 e. The van der Waals surface area contributed by atoms with Crippen molar-refractivity contribution in [2.24, 2.45) is 0 Å². The molecule has 0 aliphatic heterocycles. The lowest BCUT2D eigenvalue weighted by Crippen LogP contribution is -2.24. The zero-order chi connectivity index (χ0) is 17.0. The molecule has 3 nitrogen and oxygen atoms in total. The molecule has 0 saturated heterocycles. The number of ketones is 1. The molecule has 0 unspecified atom stereocenters. The molecule has 2 aromatic rings. The maximum absolute atomic E-state index is 12.2. The van der Waals surface area contributed by atoms with Crippen LogP contribution < -0.4 is 0 Å². The van der Waals surface area contributed by atoms with Crippen LogP contribution >= 0.6 is 0 Å². The Hall–Kier alpha value is -2.42. The summed E-state index contributed by atoms with van der Waals surface area (Å²) in [7, 11) is 0. The van der Waals surface area contributed by atoms with Gasteiger partial charge in [-0.05, 0) is 30.0 Å². The van der Waals surface area contributed by atoms with E-state index >= 15 is 0 Å². The fraction of sp³-hybridized carbons (Fsp3) is 0.300. The number of benzene rings is 2. The lowest BCUT2D eigenvalue weighted by molar-refractivity contribution is 0.0319. The maximum Gasteiger partial charge on any atom is 0.338 e.